The number of carbonyl (C=O) groups is 2. The molecule has 1 amide bonds. The Labute approximate surface area is 94.5 Å². The van der Waals surface area contributed by atoms with Crippen LogP contribution in [0.3, 0.4) is 0 Å². The molecule has 1 aromatic rings. The second-order valence-corrected chi connectivity index (χ2v) is 3.74. The molecule has 0 aromatic heterocycles. The van der Waals surface area contributed by atoms with Crippen LogP contribution in [0, 0.1) is 6.92 Å². The summed E-state index contributed by atoms with van der Waals surface area (Å²) in [6.45, 7) is 4.78. The molecule has 0 bridgehead atoms. The molecule has 0 saturated heterocycles. The maximum Gasteiger partial charge on any atom is 0.326 e. The number of amides is 1. The van der Waals surface area contributed by atoms with Crippen molar-refractivity contribution in [2.24, 2.45) is 0 Å². The Hall–Kier alpha value is -1.84. The van der Waals surface area contributed by atoms with E-state index in [2.05, 4.69) is 0 Å². The Balaban J connectivity index is 3.07. The van der Waals surface area contributed by atoms with E-state index < -0.39 is 12.0 Å². The lowest BCUT2D eigenvalue weighted by molar-refractivity contribution is -0.139. The van der Waals surface area contributed by atoms with Crippen LogP contribution in [0.25, 0.3) is 0 Å². The van der Waals surface area contributed by atoms with Gasteiger partial charge in [-0.15, -0.1) is 0 Å². The van der Waals surface area contributed by atoms with Crippen LogP contribution < -0.4 is 4.90 Å². The number of benzene rings is 1. The van der Waals surface area contributed by atoms with Crippen molar-refractivity contribution in [3.8, 4) is 0 Å². The van der Waals surface area contributed by atoms with Crippen molar-refractivity contribution in [3.05, 3.63) is 29.8 Å². The van der Waals surface area contributed by atoms with Crippen molar-refractivity contribution in [1.29, 1.82) is 0 Å². The number of aliphatic carboxylic acids is 1. The van der Waals surface area contributed by atoms with Gasteiger partial charge < -0.3 is 5.11 Å². The van der Waals surface area contributed by atoms with Gasteiger partial charge in [0.15, 0.2) is 0 Å². The number of hydrogen-bond donors (Lipinski definition) is 1. The van der Waals surface area contributed by atoms with Gasteiger partial charge in [0, 0.05) is 12.6 Å². The number of carboxylic acids is 1. The summed E-state index contributed by atoms with van der Waals surface area (Å²) >= 11 is 0. The molecule has 86 valence electrons. The monoisotopic (exact) mass is 221 g/mol. The van der Waals surface area contributed by atoms with Gasteiger partial charge in [0.05, 0.1) is 0 Å². The van der Waals surface area contributed by atoms with Crippen LogP contribution in [0.1, 0.15) is 19.4 Å². The van der Waals surface area contributed by atoms with Gasteiger partial charge in [0.1, 0.15) is 6.04 Å². The third-order valence-electron chi connectivity index (χ3n) is 2.40. The number of anilines is 1. The number of nitrogens with zero attached hydrogens (tertiary/aromatic N) is 1. The van der Waals surface area contributed by atoms with Crippen molar-refractivity contribution >= 4 is 17.6 Å². The molecule has 0 aliphatic heterocycles. The van der Waals surface area contributed by atoms with Gasteiger partial charge in [-0.25, -0.2) is 4.79 Å². The molecule has 0 unspecified atom stereocenters. The zero-order chi connectivity index (χ0) is 12.3. The summed E-state index contributed by atoms with van der Waals surface area (Å²) in [6, 6.07) is 6.33. The minimum Gasteiger partial charge on any atom is -0.480 e. The van der Waals surface area contributed by atoms with Crippen LogP contribution in [-0.2, 0) is 9.59 Å². The molecule has 0 spiro atoms. The van der Waals surface area contributed by atoms with Crippen molar-refractivity contribution in [1.82, 2.24) is 0 Å². The maximum absolute atomic E-state index is 11.4. The first-order valence-corrected chi connectivity index (χ1v) is 5.02. The SMILES string of the molecule is CC(=O)N(c1ccc(C)cc1)[C@@H](C)C(=O)O. The molecule has 4 heteroatoms. The number of rotatable bonds is 3. The molecule has 1 rings (SSSR count). The fourth-order valence-electron chi connectivity index (χ4n) is 1.49. The van der Waals surface area contributed by atoms with Crippen LogP contribution >= 0.6 is 0 Å². The number of carboxylic acid groups (broad SMARTS) is 1. The predicted molar refractivity (Wildman–Crippen MR) is 61.4 cm³/mol. The summed E-state index contributed by atoms with van der Waals surface area (Å²) in [5.41, 5.74) is 1.67. The van der Waals surface area contributed by atoms with Gasteiger partial charge in [0.2, 0.25) is 5.91 Å². The average molecular weight is 221 g/mol. The highest BCUT2D eigenvalue weighted by Gasteiger charge is 2.24. The minimum atomic E-state index is -1.02. The molecular formula is C12H15NO3. The summed E-state index contributed by atoms with van der Waals surface area (Å²) in [5.74, 6) is -1.30. The van der Waals surface area contributed by atoms with Gasteiger partial charge in [-0.05, 0) is 26.0 Å². The summed E-state index contributed by atoms with van der Waals surface area (Å²) in [7, 11) is 0. The van der Waals surface area contributed by atoms with Crippen LogP contribution in [0.2, 0.25) is 0 Å². The topological polar surface area (TPSA) is 57.6 Å². The van der Waals surface area contributed by atoms with E-state index in [9.17, 15) is 9.59 Å². The van der Waals surface area contributed by atoms with Gasteiger partial charge in [-0.1, -0.05) is 17.7 Å². The molecule has 0 saturated carbocycles. The zero-order valence-electron chi connectivity index (χ0n) is 9.60. The highest BCUT2D eigenvalue weighted by molar-refractivity contribution is 5.97. The molecule has 0 radical (unpaired) electrons. The Kier molecular flexibility index (Phi) is 3.66. The van der Waals surface area contributed by atoms with Gasteiger partial charge in [-0.2, -0.15) is 0 Å². The van der Waals surface area contributed by atoms with E-state index in [1.807, 2.05) is 19.1 Å². The summed E-state index contributed by atoms with van der Waals surface area (Å²) in [6.07, 6.45) is 0. The number of carbonyl (C=O) groups excluding carboxylic acids is 1. The van der Waals surface area contributed by atoms with E-state index in [0.29, 0.717) is 5.69 Å². The molecule has 1 N–H and O–H groups in total. The van der Waals surface area contributed by atoms with Crippen LogP contribution in [0.15, 0.2) is 24.3 Å². The van der Waals surface area contributed by atoms with Crippen molar-refractivity contribution in [2.45, 2.75) is 26.8 Å². The summed E-state index contributed by atoms with van der Waals surface area (Å²) in [4.78, 5) is 23.6. The number of aryl methyl sites for hydroxylation is 1. The molecule has 1 aromatic carbocycles. The molecule has 1 atom stereocenters. The zero-order valence-corrected chi connectivity index (χ0v) is 9.60. The predicted octanol–water partition coefficient (Wildman–Crippen LogP) is 1.82. The van der Waals surface area contributed by atoms with Gasteiger partial charge in [-0.3, -0.25) is 9.69 Å². The van der Waals surface area contributed by atoms with Gasteiger partial charge >= 0.3 is 5.97 Å². The summed E-state index contributed by atoms with van der Waals surface area (Å²) in [5, 5.41) is 8.92. The molecule has 0 aliphatic rings. The lowest BCUT2D eigenvalue weighted by Crippen LogP contribution is -2.42. The molecule has 0 aliphatic carbocycles. The van der Waals surface area contributed by atoms with Crippen LogP contribution in [-0.4, -0.2) is 23.0 Å². The first-order chi connectivity index (χ1) is 7.43. The van der Waals surface area contributed by atoms with E-state index in [0.717, 1.165) is 5.56 Å². The number of hydrogen-bond acceptors (Lipinski definition) is 2. The highest BCUT2D eigenvalue weighted by atomic mass is 16.4. The quantitative estimate of drug-likeness (QED) is 0.847. The fraction of sp³-hybridized carbons (Fsp3) is 0.333. The normalized spacial score (nSPS) is 11.9. The second kappa shape index (κ2) is 4.79. The molecule has 4 nitrogen and oxygen atoms in total. The Morgan fingerprint density at radius 1 is 1.25 bits per heavy atom. The molecule has 0 heterocycles. The lowest BCUT2D eigenvalue weighted by atomic mass is 10.2. The first-order valence-electron chi connectivity index (χ1n) is 5.02. The van der Waals surface area contributed by atoms with E-state index in [4.69, 9.17) is 5.11 Å². The highest BCUT2D eigenvalue weighted by Crippen LogP contribution is 2.18. The van der Waals surface area contributed by atoms with Crippen molar-refractivity contribution < 1.29 is 14.7 Å². The Morgan fingerprint density at radius 3 is 2.12 bits per heavy atom. The summed E-state index contributed by atoms with van der Waals surface area (Å²) < 4.78 is 0. The van der Waals surface area contributed by atoms with Gasteiger partial charge in [0.25, 0.3) is 0 Å². The second-order valence-electron chi connectivity index (χ2n) is 3.74. The molecular weight excluding hydrogens is 206 g/mol. The average Bonchev–Trinajstić information content (AvgIpc) is 2.20. The van der Waals surface area contributed by atoms with E-state index in [1.54, 1.807) is 12.1 Å². The lowest BCUT2D eigenvalue weighted by Gasteiger charge is -2.25. The standard InChI is InChI=1S/C12H15NO3/c1-8-4-6-11(7-5-8)13(10(3)14)9(2)12(15)16/h4-7,9H,1-3H3,(H,15,16)/t9-/m0/s1. The fourth-order valence-corrected chi connectivity index (χ4v) is 1.49. The largest absolute Gasteiger partial charge is 0.480 e. The Morgan fingerprint density at radius 2 is 1.75 bits per heavy atom. The third kappa shape index (κ3) is 2.59. The maximum atomic E-state index is 11.4. The van der Waals surface area contributed by atoms with Crippen LogP contribution in [0.5, 0.6) is 0 Å². The Bertz CT molecular complexity index is 397. The van der Waals surface area contributed by atoms with Crippen molar-refractivity contribution in [3.63, 3.8) is 0 Å². The first kappa shape index (κ1) is 12.2. The van der Waals surface area contributed by atoms with Crippen LogP contribution in [0.4, 0.5) is 5.69 Å². The molecule has 16 heavy (non-hydrogen) atoms. The molecule has 0 fully saturated rings. The van der Waals surface area contributed by atoms with E-state index in [1.165, 1.54) is 18.7 Å². The minimum absolute atomic E-state index is 0.279. The third-order valence-corrected chi connectivity index (χ3v) is 2.40. The smallest absolute Gasteiger partial charge is 0.326 e. The van der Waals surface area contributed by atoms with E-state index in [-0.39, 0.29) is 5.91 Å². The van der Waals surface area contributed by atoms with E-state index >= 15 is 0 Å². The van der Waals surface area contributed by atoms with Crippen molar-refractivity contribution in [2.75, 3.05) is 4.90 Å².